The highest BCUT2D eigenvalue weighted by Crippen LogP contribution is 2.27. The van der Waals surface area contributed by atoms with Crippen LogP contribution in [0.25, 0.3) is 11.1 Å². The number of alkyl halides is 3. The molecule has 3 amide bonds. The first-order chi connectivity index (χ1) is 17.7. The summed E-state index contributed by atoms with van der Waals surface area (Å²) in [4.78, 5) is 40.4. The lowest BCUT2D eigenvalue weighted by molar-refractivity contribution is -0.174. The van der Waals surface area contributed by atoms with E-state index in [4.69, 9.17) is 5.14 Å². The van der Waals surface area contributed by atoms with Gasteiger partial charge in [-0.1, -0.05) is 30.3 Å². The predicted molar refractivity (Wildman–Crippen MR) is 135 cm³/mol. The predicted octanol–water partition coefficient (Wildman–Crippen LogP) is 3.17. The summed E-state index contributed by atoms with van der Waals surface area (Å²) >= 11 is 3.16. The lowest BCUT2D eigenvalue weighted by atomic mass is 10.1. The molecule has 0 aliphatic carbocycles. The molecule has 0 spiro atoms. The first-order valence-corrected chi connectivity index (χ1v) is 12.9. The van der Waals surface area contributed by atoms with Crippen molar-refractivity contribution < 1.29 is 36.0 Å². The van der Waals surface area contributed by atoms with Gasteiger partial charge in [-0.15, -0.1) is 0 Å². The van der Waals surface area contributed by atoms with Crippen LogP contribution in [0.15, 0.2) is 76.2 Å². The van der Waals surface area contributed by atoms with Crippen LogP contribution >= 0.6 is 15.9 Å². The van der Waals surface area contributed by atoms with Gasteiger partial charge in [-0.3, -0.25) is 14.4 Å². The average molecular weight is 614 g/mol. The minimum absolute atomic E-state index is 0.0786. The van der Waals surface area contributed by atoms with E-state index in [1.165, 1.54) is 60.0 Å². The van der Waals surface area contributed by atoms with Crippen molar-refractivity contribution >= 4 is 55.2 Å². The fourth-order valence-electron chi connectivity index (χ4n) is 3.19. The van der Waals surface area contributed by atoms with Gasteiger partial charge in [-0.25, -0.2) is 18.5 Å². The third kappa shape index (κ3) is 7.84. The van der Waals surface area contributed by atoms with Crippen LogP contribution < -0.4 is 21.1 Å². The first-order valence-electron chi connectivity index (χ1n) is 10.6. The van der Waals surface area contributed by atoms with E-state index >= 15 is 0 Å². The standard InChI is InChI=1S/C23H19BrF3N5O5S/c24-14-7-10-19(29-12-14)32-20(33)11-17(31-22(35)23(25,26)27)21(34)30-15-8-5-13(6-9-15)16-3-1-2-4-18(16)38(28,36)37/h1-10,12,17H,11H2,(H,30,34)(H,31,35)(H2,28,36,37)(H,29,32,33). The number of rotatable bonds is 8. The highest BCUT2D eigenvalue weighted by Gasteiger charge is 2.41. The topological polar surface area (TPSA) is 160 Å². The molecule has 1 heterocycles. The molecular weight excluding hydrogens is 595 g/mol. The Labute approximate surface area is 223 Å². The van der Waals surface area contributed by atoms with Crippen molar-refractivity contribution in [3.63, 3.8) is 0 Å². The Morgan fingerprint density at radius 2 is 1.63 bits per heavy atom. The second-order valence-corrected chi connectivity index (χ2v) is 10.2. The van der Waals surface area contributed by atoms with Crippen LogP contribution in [-0.2, 0) is 24.4 Å². The monoisotopic (exact) mass is 613 g/mol. The number of pyridine rings is 1. The zero-order valence-electron chi connectivity index (χ0n) is 19.1. The summed E-state index contributed by atoms with van der Waals surface area (Å²) in [6.45, 7) is 0. The number of nitrogens with zero attached hydrogens (tertiary/aromatic N) is 1. The summed E-state index contributed by atoms with van der Waals surface area (Å²) in [6, 6.07) is 12.7. The first kappa shape index (κ1) is 28.7. The van der Waals surface area contributed by atoms with E-state index in [0.29, 0.717) is 15.6 Å². The quantitative estimate of drug-likeness (QED) is 0.305. The van der Waals surface area contributed by atoms with Crippen molar-refractivity contribution in [3.05, 3.63) is 71.3 Å². The number of benzene rings is 2. The Morgan fingerprint density at radius 3 is 2.21 bits per heavy atom. The van der Waals surface area contributed by atoms with Gasteiger partial charge in [0.25, 0.3) is 0 Å². The fourth-order valence-corrected chi connectivity index (χ4v) is 4.19. The van der Waals surface area contributed by atoms with Crippen molar-refractivity contribution in [2.45, 2.75) is 23.5 Å². The van der Waals surface area contributed by atoms with Gasteiger partial charge in [-0.05, 0) is 51.8 Å². The second-order valence-electron chi connectivity index (χ2n) is 7.75. The van der Waals surface area contributed by atoms with Gasteiger partial charge < -0.3 is 16.0 Å². The van der Waals surface area contributed by atoms with Gasteiger partial charge in [0, 0.05) is 21.9 Å². The normalized spacial score (nSPS) is 12.3. The van der Waals surface area contributed by atoms with Gasteiger partial charge in [0.2, 0.25) is 21.8 Å². The van der Waals surface area contributed by atoms with Gasteiger partial charge in [0.1, 0.15) is 11.9 Å². The summed E-state index contributed by atoms with van der Waals surface area (Å²) in [7, 11) is -4.03. The minimum atomic E-state index is -5.29. The van der Waals surface area contributed by atoms with Crippen molar-refractivity contribution in [1.82, 2.24) is 10.3 Å². The van der Waals surface area contributed by atoms with Crippen molar-refractivity contribution in [1.29, 1.82) is 0 Å². The SMILES string of the molecule is NS(=O)(=O)c1ccccc1-c1ccc(NC(=O)C(CC(=O)Nc2ccc(Br)cn2)NC(=O)C(F)(F)F)cc1. The molecule has 0 aliphatic rings. The molecule has 0 aliphatic heterocycles. The van der Waals surface area contributed by atoms with Crippen LogP contribution in [0.3, 0.4) is 0 Å². The summed E-state index contributed by atoms with van der Waals surface area (Å²) in [5, 5.41) is 11.4. The van der Waals surface area contributed by atoms with E-state index in [-0.39, 0.29) is 16.4 Å². The van der Waals surface area contributed by atoms with Gasteiger partial charge in [0.15, 0.2) is 0 Å². The molecular formula is C23H19BrF3N5O5S. The summed E-state index contributed by atoms with van der Waals surface area (Å²) in [5.41, 5.74) is 0.824. The Hall–Kier alpha value is -3.82. The molecule has 38 heavy (non-hydrogen) atoms. The largest absolute Gasteiger partial charge is 0.471 e. The summed E-state index contributed by atoms with van der Waals surface area (Å²) < 4.78 is 62.8. The molecule has 10 nitrogen and oxygen atoms in total. The van der Waals surface area contributed by atoms with E-state index in [9.17, 15) is 36.0 Å². The lowest BCUT2D eigenvalue weighted by Gasteiger charge is -2.19. The summed E-state index contributed by atoms with van der Waals surface area (Å²) in [6.07, 6.45) is -4.75. The number of carbonyl (C=O) groups excluding carboxylic acids is 3. The number of nitrogens with two attached hydrogens (primary N) is 1. The molecule has 15 heteroatoms. The zero-order chi connectivity index (χ0) is 28.1. The van der Waals surface area contributed by atoms with Crippen LogP contribution in [0.1, 0.15) is 6.42 Å². The fraction of sp³-hybridized carbons (Fsp3) is 0.130. The molecule has 3 aromatic rings. The number of hydrogen-bond acceptors (Lipinski definition) is 6. The molecule has 0 fully saturated rings. The smallest absolute Gasteiger partial charge is 0.336 e. The number of aromatic nitrogens is 1. The van der Waals surface area contributed by atoms with Crippen LogP contribution in [0.2, 0.25) is 0 Å². The number of primary sulfonamides is 1. The molecule has 0 saturated heterocycles. The van der Waals surface area contributed by atoms with Crippen molar-refractivity contribution in [3.8, 4) is 11.1 Å². The van der Waals surface area contributed by atoms with E-state index < -0.39 is 46.4 Å². The average Bonchev–Trinajstić information content (AvgIpc) is 2.84. The highest BCUT2D eigenvalue weighted by molar-refractivity contribution is 9.10. The van der Waals surface area contributed by atoms with Gasteiger partial charge in [-0.2, -0.15) is 13.2 Å². The number of hydrogen-bond donors (Lipinski definition) is 4. The number of anilines is 2. The van der Waals surface area contributed by atoms with Crippen molar-refractivity contribution in [2.24, 2.45) is 5.14 Å². The second kappa shape index (κ2) is 11.7. The van der Waals surface area contributed by atoms with Gasteiger partial charge in [0.05, 0.1) is 11.3 Å². The Kier molecular flexibility index (Phi) is 8.85. The van der Waals surface area contributed by atoms with Crippen LogP contribution in [-0.4, -0.2) is 43.3 Å². The molecule has 5 N–H and O–H groups in total. The number of nitrogens with one attached hydrogen (secondary N) is 3. The maximum Gasteiger partial charge on any atom is 0.471 e. The maximum atomic E-state index is 12.8. The number of carbonyl (C=O) groups is 3. The third-order valence-electron chi connectivity index (χ3n) is 4.92. The minimum Gasteiger partial charge on any atom is -0.336 e. The Balaban J connectivity index is 1.77. The van der Waals surface area contributed by atoms with E-state index in [1.54, 1.807) is 12.1 Å². The summed E-state index contributed by atoms with van der Waals surface area (Å²) in [5.74, 6) is -4.30. The number of halogens is 4. The van der Waals surface area contributed by atoms with Crippen LogP contribution in [0.5, 0.6) is 0 Å². The molecule has 1 aromatic heterocycles. The van der Waals surface area contributed by atoms with E-state index in [0.717, 1.165) is 0 Å². The molecule has 0 radical (unpaired) electrons. The zero-order valence-corrected chi connectivity index (χ0v) is 21.5. The van der Waals surface area contributed by atoms with Crippen molar-refractivity contribution in [2.75, 3.05) is 10.6 Å². The maximum absolute atomic E-state index is 12.8. The number of amides is 3. The van der Waals surface area contributed by atoms with E-state index in [1.807, 2.05) is 0 Å². The molecule has 3 rings (SSSR count). The van der Waals surface area contributed by atoms with Gasteiger partial charge >= 0.3 is 12.1 Å². The van der Waals surface area contributed by atoms with E-state index in [2.05, 4.69) is 31.5 Å². The van der Waals surface area contributed by atoms with Crippen LogP contribution in [0, 0.1) is 0 Å². The molecule has 2 aromatic carbocycles. The highest BCUT2D eigenvalue weighted by atomic mass is 79.9. The Bertz CT molecular complexity index is 1450. The third-order valence-corrected chi connectivity index (χ3v) is 6.36. The Morgan fingerprint density at radius 1 is 0.974 bits per heavy atom. The molecule has 200 valence electrons. The number of sulfonamides is 1. The molecule has 1 unspecified atom stereocenters. The lowest BCUT2D eigenvalue weighted by Crippen LogP contribution is -2.50. The molecule has 1 atom stereocenters. The molecule has 0 bridgehead atoms. The van der Waals surface area contributed by atoms with Crippen LogP contribution in [0.4, 0.5) is 24.7 Å². The molecule has 0 saturated carbocycles.